The zero-order chi connectivity index (χ0) is 10.0. The third kappa shape index (κ3) is 1.45. The van der Waals surface area contributed by atoms with Gasteiger partial charge in [0.05, 0.1) is 6.07 Å². The van der Waals surface area contributed by atoms with Crippen LogP contribution in [-0.2, 0) is 4.79 Å². The Labute approximate surface area is 85.3 Å². The van der Waals surface area contributed by atoms with Gasteiger partial charge >= 0.3 is 0 Å². The highest BCUT2D eigenvalue weighted by Crippen LogP contribution is 2.45. The molecule has 0 unspecified atom stereocenters. The van der Waals surface area contributed by atoms with Gasteiger partial charge in [0.15, 0.2) is 5.78 Å². The van der Waals surface area contributed by atoms with Crippen LogP contribution in [0.2, 0.25) is 0 Å². The highest BCUT2D eigenvalue weighted by Gasteiger charge is 2.46. The quantitative estimate of drug-likeness (QED) is 0.673. The third-order valence-corrected chi connectivity index (χ3v) is 3.87. The van der Waals surface area contributed by atoms with Crippen LogP contribution in [0.3, 0.4) is 0 Å². The monoisotopic (exact) mass is 191 g/mol. The van der Waals surface area contributed by atoms with Crippen LogP contribution in [0.15, 0.2) is 0 Å². The standard InChI is InChI=1S/C12H17NO/c13-9-12(7-4-8-12)11(14)10-5-2-1-3-6-10/h10H,1-8H2. The van der Waals surface area contributed by atoms with Crippen LogP contribution in [0.4, 0.5) is 0 Å². The lowest BCUT2D eigenvalue weighted by molar-refractivity contribution is -0.134. The van der Waals surface area contributed by atoms with Gasteiger partial charge < -0.3 is 0 Å². The second-order valence-electron chi connectivity index (χ2n) is 4.75. The molecule has 0 amide bonds. The Kier molecular flexibility index (Phi) is 2.58. The number of rotatable bonds is 2. The highest BCUT2D eigenvalue weighted by atomic mass is 16.1. The molecule has 0 heterocycles. The topological polar surface area (TPSA) is 40.9 Å². The van der Waals surface area contributed by atoms with Gasteiger partial charge in [0, 0.05) is 5.92 Å². The van der Waals surface area contributed by atoms with Crippen molar-refractivity contribution < 1.29 is 4.79 Å². The van der Waals surface area contributed by atoms with E-state index in [4.69, 9.17) is 5.26 Å². The van der Waals surface area contributed by atoms with Crippen LogP contribution in [0.1, 0.15) is 51.4 Å². The van der Waals surface area contributed by atoms with Crippen molar-refractivity contribution in [3.63, 3.8) is 0 Å². The summed E-state index contributed by atoms with van der Waals surface area (Å²) in [5.41, 5.74) is -0.554. The third-order valence-electron chi connectivity index (χ3n) is 3.87. The molecule has 0 aromatic carbocycles. The van der Waals surface area contributed by atoms with Crippen LogP contribution in [0.25, 0.3) is 0 Å². The summed E-state index contributed by atoms with van der Waals surface area (Å²) in [5, 5.41) is 9.07. The molecular weight excluding hydrogens is 174 g/mol. The predicted molar refractivity (Wildman–Crippen MR) is 53.5 cm³/mol. The van der Waals surface area contributed by atoms with Gasteiger partial charge in [-0.2, -0.15) is 5.26 Å². The van der Waals surface area contributed by atoms with E-state index < -0.39 is 5.41 Å². The predicted octanol–water partition coefficient (Wildman–Crippen LogP) is 2.83. The Bertz CT molecular complexity index is 267. The zero-order valence-corrected chi connectivity index (χ0v) is 8.59. The summed E-state index contributed by atoms with van der Waals surface area (Å²) < 4.78 is 0. The first-order valence-electron chi connectivity index (χ1n) is 5.74. The molecule has 0 aromatic rings. The van der Waals surface area contributed by atoms with Gasteiger partial charge in [0.1, 0.15) is 5.41 Å². The summed E-state index contributed by atoms with van der Waals surface area (Å²) in [4.78, 5) is 12.1. The van der Waals surface area contributed by atoms with E-state index in [2.05, 4.69) is 6.07 Å². The van der Waals surface area contributed by atoms with Crippen LogP contribution < -0.4 is 0 Å². The van der Waals surface area contributed by atoms with Crippen molar-refractivity contribution in [2.24, 2.45) is 11.3 Å². The summed E-state index contributed by atoms with van der Waals surface area (Å²) in [6, 6.07) is 2.26. The molecule has 2 aliphatic carbocycles. The largest absolute Gasteiger partial charge is 0.298 e. The van der Waals surface area contributed by atoms with E-state index in [1.54, 1.807) is 0 Å². The first-order valence-corrected chi connectivity index (χ1v) is 5.74. The molecule has 0 atom stereocenters. The lowest BCUT2D eigenvalue weighted by Crippen LogP contribution is -2.41. The van der Waals surface area contributed by atoms with Crippen molar-refractivity contribution in [3.05, 3.63) is 0 Å². The summed E-state index contributed by atoms with van der Waals surface area (Å²) in [5.74, 6) is 0.481. The van der Waals surface area contributed by atoms with Gasteiger partial charge in [-0.3, -0.25) is 4.79 Å². The Balaban J connectivity index is 2.03. The number of carbonyl (C=O) groups excluding carboxylic acids is 1. The average Bonchev–Trinajstić information content (AvgIpc) is 2.18. The van der Waals surface area contributed by atoms with Crippen LogP contribution in [0, 0.1) is 22.7 Å². The Morgan fingerprint density at radius 1 is 1.14 bits per heavy atom. The van der Waals surface area contributed by atoms with E-state index >= 15 is 0 Å². The lowest BCUT2D eigenvalue weighted by atomic mass is 9.62. The lowest BCUT2D eigenvalue weighted by Gasteiger charge is -2.37. The molecule has 0 radical (unpaired) electrons. The smallest absolute Gasteiger partial charge is 0.156 e. The fourth-order valence-corrected chi connectivity index (χ4v) is 2.70. The van der Waals surface area contributed by atoms with E-state index in [1.165, 1.54) is 19.3 Å². The molecular formula is C12H17NO. The van der Waals surface area contributed by atoms with Crippen molar-refractivity contribution >= 4 is 5.78 Å². The number of nitrogens with zero attached hydrogens (tertiary/aromatic N) is 1. The second-order valence-corrected chi connectivity index (χ2v) is 4.75. The molecule has 0 spiro atoms. The number of ketones is 1. The van der Waals surface area contributed by atoms with Crippen molar-refractivity contribution in [2.45, 2.75) is 51.4 Å². The van der Waals surface area contributed by atoms with E-state index in [9.17, 15) is 4.79 Å². The summed E-state index contributed by atoms with van der Waals surface area (Å²) >= 11 is 0. The van der Waals surface area contributed by atoms with Gasteiger partial charge in [-0.1, -0.05) is 19.3 Å². The van der Waals surface area contributed by atoms with Crippen LogP contribution in [-0.4, -0.2) is 5.78 Å². The Morgan fingerprint density at radius 2 is 1.79 bits per heavy atom. The average molecular weight is 191 g/mol. The van der Waals surface area contributed by atoms with E-state index in [-0.39, 0.29) is 11.7 Å². The van der Waals surface area contributed by atoms with Crippen molar-refractivity contribution in [1.29, 1.82) is 5.26 Å². The minimum atomic E-state index is -0.554. The van der Waals surface area contributed by atoms with E-state index in [1.807, 2.05) is 0 Å². The summed E-state index contributed by atoms with van der Waals surface area (Å²) in [6.45, 7) is 0. The van der Waals surface area contributed by atoms with Crippen molar-refractivity contribution in [3.8, 4) is 6.07 Å². The SMILES string of the molecule is N#CC1(C(=O)C2CCCCC2)CCC1. The van der Waals surface area contributed by atoms with Gasteiger partial charge in [-0.25, -0.2) is 0 Å². The molecule has 2 rings (SSSR count). The molecule has 14 heavy (non-hydrogen) atoms. The van der Waals surface area contributed by atoms with Gasteiger partial charge in [-0.15, -0.1) is 0 Å². The maximum absolute atomic E-state index is 12.1. The first-order chi connectivity index (χ1) is 6.78. The fourth-order valence-electron chi connectivity index (χ4n) is 2.70. The Morgan fingerprint density at radius 3 is 2.21 bits per heavy atom. The van der Waals surface area contributed by atoms with Gasteiger partial charge in [0.2, 0.25) is 0 Å². The van der Waals surface area contributed by atoms with E-state index in [0.29, 0.717) is 0 Å². The summed E-state index contributed by atoms with van der Waals surface area (Å²) in [7, 11) is 0. The number of carbonyl (C=O) groups is 1. The maximum Gasteiger partial charge on any atom is 0.156 e. The van der Waals surface area contributed by atoms with Crippen LogP contribution in [0.5, 0.6) is 0 Å². The molecule has 0 N–H and O–H groups in total. The fraction of sp³-hybridized carbons (Fsp3) is 0.833. The molecule has 0 aliphatic heterocycles. The number of nitriles is 1. The van der Waals surface area contributed by atoms with Crippen molar-refractivity contribution in [1.82, 2.24) is 0 Å². The summed E-state index contributed by atoms with van der Waals surface area (Å²) in [6.07, 6.45) is 8.38. The van der Waals surface area contributed by atoms with Gasteiger partial charge in [0.25, 0.3) is 0 Å². The maximum atomic E-state index is 12.1. The van der Waals surface area contributed by atoms with Gasteiger partial charge in [-0.05, 0) is 32.1 Å². The molecule has 2 nitrogen and oxygen atoms in total. The highest BCUT2D eigenvalue weighted by molar-refractivity contribution is 5.90. The number of hydrogen-bond donors (Lipinski definition) is 0. The number of Topliss-reactive ketones (excluding diaryl/α,β-unsaturated/α-hetero) is 1. The molecule has 0 aromatic heterocycles. The minimum absolute atomic E-state index is 0.212. The minimum Gasteiger partial charge on any atom is -0.298 e. The molecule has 0 bridgehead atoms. The number of hydrogen-bond acceptors (Lipinski definition) is 2. The molecule has 0 saturated heterocycles. The van der Waals surface area contributed by atoms with Crippen LogP contribution >= 0.6 is 0 Å². The van der Waals surface area contributed by atoms with E-state index in [0.717, 1.165) is 32.1 Å². The zero-order valence-electron chi connectivity index (χ0n) is 8.59. The molecule has 2 aliphatic rings. The van der Waals surface area contributed by atoms with Crippen molar-refractivity contribution in [2.75, 3.05) is 0 Å². The molecule has 76 valence electrons. The normalized spacial score (nSPS) is 26.2. The molecule has 2 saturated carbocycles. The first kappa shape index (κ1) is 9.71. The molecule has 2 heteroatoms. The Hall–Kier alpha value is -0.840. The molecule has 2 fully saturated rings. The second kappa shape index (κ2) is 3.73.